The monoisotopic (exact) mass is 399 g/mol. The number of hydrogen-bond acceptors (Lipinski definition) is 5. The molecule has 1 aromatic heterocycles. The maximum absolute atomic E-state index is 12.9. The third-order valence-electron chi connectivity index (χ3n) is 4.90. The highest BCUT2D eigenvalue weighted by Gasteiger charge is 2.19. The topological polar surface area (TPSA) is 82.4 Å². The second-order valence-corrected chi connectivity index (χ2v) is 6.81. The Balaban J connectivity index is 1.50. The fourth-order valence-corrected chi connectivity index (χ4v) is 3.41. The highest BCUT2D eigenvalue weighted by atomic mass is 16.7. The van der Waals surface area contributed by atoms with Gasteiger partial charge in [0, 0.05) is 6.54 Å². The Labute approximate surface area is 171 Å². The molecule has 0 saturated heterocycles. The van der Waals surface area contributed by atoms with Crippen LogP contribution in [0.25, 0.3) is 16.6 Å². The average Bonchev–Trinajstić information content (AvgIpc) is 3.26. The summed E-state index contributed by atoms with van der Waals surface area (Å²) in [6, 6.07) is 22.0. The number of para-hydroxylation sites is 2. The average molecular weight is 399 g/mol. The number of carbonyl (C=O) groups excluding carboxylic acids is 1. The van der Waals surface area contributed by atoms with Crippen LogP contribution < -0.4 is 20.2 Å². The highest BCUT2D eigenvalue weighted by Crippen LogP contribution is 2.32. The Morgan fingerprint density at radius 3 is 2.60 bits per heavy atom. The van der Waals surface area contributed by atoms with Crippen LogP contribution >= 0.6 is 0 Å². The van der Waals surface area contributed by atoms with Gasteiger partial charge < -0.3 is 14.8 Å². The van der Waals surface area contributed by atoms with E-state index < -0.39 is 11.3 Å². The molecule has 1 aliphatic heterocycles. The predicted octanol–water partition coefficient (Wildman–Crippen LogP) is 3.04. The van der Waals surface area contributed by atoms with Crippen molar-refractivity contribution in [3.8, 4) is 17.2 Å². The van der Waals surface area contributed by atoms with Gasteiger partial charge in [0.05, 0.1) is 16.6 Å². The number of amides is 1. The number of ether oxygens (including phenoxy) is 2. The Morgan fingerprint density at radius 2 is 1.73 bits per heavy atom. The lowest BCUT2D eigenvalue weighted by molar-refractivity contribution is 0.0943. The molecule has 30 heavy (non-hydrogen) atoms. The summed E-state index contributed by atoms with van der Waals surface area (Å²) in [4.78, 5) is 25.8. The second-order valence-electron chi connectivity index (χ2n) is 6.81. The molecule has 0 atom stereocenters. The summed E-state index contributed by atoms with van der Waals surface area (Å²) in [5, 5.41) is 7.60. The molecule has 0 saturated carbocycles. The maximum atomic E-state index is 12.9. The van der Waals surface area contributed by atoms with Crippen LogP contribution in [0.4, 0.5) is 0 Å². The Bertz CT molecular complexity index is 1320. The molecule has 0 aliphatic carbocycles. The normalized spacial score (nSPS) is 12.1. The van der Waals surface area contributed by atoms with Crippen molar-refractivity contribution in [1.82, 2.24) is 15.1 Å². The van der Waals surface area contributed by atoms with E-state index in [9.17, 15) is 9.59 Å². The molecule has 148 valence electrons. The number of carbonyl (C=O) groups is 1. The largest absolute Gasteiger partial charge is 0.454 e. The molecule has 1 amide bonds. The van der Waals surface area contributed by atoms with E-state index >= 15 is 0 Å². The third kappa shape index (κ3) is 3.16. The predicted molar refractivity (Wildman–Crippen MR) is 111 cm³/mol. The third-order valence-corrected chi connectivity index (χ3v) is 4.90. The van der Waals surface area contributed by atoms with E-state index in [-0.39, 0.29) is 19.0 Å². The maximum Gasteiger partial charge on any atom is 0.276 e. The Morgan fingerprint density at radius 1 is 0.967 bits per heavy atom. The number of nitrogens with zero attached hydrogens (tertiary/aromatic N) is 2. The van der Waals surface area contributed by atoms with E-state index in [1.54, 1.807) is 28.9 Å². The van der Waals surface area contributed by atoms with Gasteiger partial charge >= 0.3 is 0 Å². The van der Waals surface area contributed by atoms with Crippen molar-refractivity contribution >= 4 is 16.8 Å². The fourth-order valence-electron chi connectivity index (χ4n) is 3.41. The van der Waals surface area contributed by atoms with Crippen LogP contribution in [-0.4, -0.2) is 22.5 Å². The summed E-state index contributed by atoms with van der Waals surface area (Å²) < 4.78 is 12.3. The molecule has 1 N–H and O–H groups in total. The lowest BCUT2D eigenvalue weighted by Gasteiger charge is -2.12. The zero-order chi connectivity index (χ0) is 20.5. The Kier molecular flexibility index (Phi) is 4.40. The molecular weight excluding hydrogens is 382 g/mol. The zero-order valence-electron chi connectivity index (χ0n) is 15.9. The van der Waals surface area contributed by atoms with Crippen molar-refractivity contribution in [3.63, 3.8) is 0 Å². The van der Waals surface area contributed by atoms with E-state index in [4.69, 9.17) is 9.47 Å². The van der Waals surface area contributed by atoms with Gasteiger partial charge in [0.2, 0.25) is 12.2 Å². The van der Waals surface area contributed by atoms with E-state index in [1.807, 2.05) is 48.5 Å². The van der Waals surface area contributed by atoms with Crippen LogP contribution in [0.5, 0.6) is 11.5 Å². The molecule has 2 heterocycles. The lowest BCUT2D eigenvalue weighted by Crippen LogP contribution is -2.31. The van der Waals surface area contributed by atoms with Gasteiger partial charge in [-0.05, 0) is 42.0 Å². The van der Waals surface area contributed by atoms with Crippen molar-refractivity contribution in [2.24, 2.45) is 0 Å². The van der Waals surface area contributed by atoms with Crippen molar-refractivity contribution in [3.05, 3.63) is 94.3 Å². The summed E-state index contributed by atoms with van der Waals surface area (Å²) in [5.41, 5.74) is 1.68. The SMILES string of the molecule is O=C(NCc1ccc2c(c1)OCO2)c1nn(-c2ccccc2)c2ccccc2c1=O. The van der Waals surface area contributed by atoms with Crippen molar-refractivity contribution in [1.29, 1.82) is 0 Å². The first-order valence-corrected chi connectivity index (χ1v) is 9.45. The molecular formula is C23H17N3O4. The van der Waals surface area contributed by atoms with Crippen LogP contribution in [0.2, 0.25) is 0 Å². The van der Waals surface area contributed by atoms with Gasteiger partial charge in [-0.1, -0.05) is 36.4 Å². The summed E-state index contributed by atoms with van der Waals surface area (Å²) in [6.45, 7) is 0.417. The number of rotatable bonds is 4. The quantitative estimate of drug-likeness (QED) is 0.570. The molecule has 0 radical (unpaired) electrons. The first kappa shape index (κ1) is 17.9. The van der Waals surface area contributed by atoms with E-state index in [0.717, 1.165) is 11.3 Å². The molecule has 4 aromatic rings. The Hall–Kier alpha value is -4.13. The molecule has 0 fully saturated rings. The van der Waals surface area contributed by atoms with Gasteiger partial charge in [-0.2, -0.15) is 5.10 Å². The minimum absolute atomic E-state index is 0.154. The van der Waals surface area contributed by atoms with Crippen molar-refractivity contribution in [2.45, 2.75) is 6.54 Å². The van der Waals surface area contributed by atoms with E-state index in [0.29, 0.717) is 22.4 Å². The van der Waals surface area contributed by atoms with Crippen molar-refractivity contribution in [2.75, 3.05) is 6.79 Å². The molecule has 0 spiro atoms. The minimum atomic E-state index is -0.534. The molecule has 3 aromatic carbocycles. The van der Waals surface area contributed by atoms with Gasteiger partial charge in [0.1, 0.15) is 0 Å². The zero-order valence-corrected chi connectivity index (χ0v) is 15.9. The standard InChI is InChI=1S/C23H17N3O4/c27-22-17-8-4-5-9-18(17)26(16-6-2-1-3-7-16)25-21(22)23(28)24-13-15-10-11-19-20(12-15)30-14-29-19/h1-12H,13-14H2,(H,24,28). The molecule has 0 unspecified atom stereocenters. The summed E-state index contributed by atoms with van der Waals surface area (Å²) >= 11 is 0. The van der Waals surface area contributed by atoms with Crippen LogP contribution in [0.3, 0.4) is 0 Å². The summed E-state index contributed by atoms with van der Waals surface area (Å²) in [5.74, 6) is 0.775. The van der Waals surface area contributed by atoms with Crippen LogP contribution in [0.1, 0.15) is 16.1 Å². The van der Waals surface area contributed by atoms with Crippen LogP contribution in [-0.2, 0) is 6.54 Å². The number of aromatic nitrogens is 2. The molecule has 7 nitrogen and oxygen atoms in total. The van der Waals surface area contributed by atoms with E-state index in [2.05, 4.69) is 10.4 Å². The van der Waals surface area contributed by atoms with Crippen LogP contribution in [0, 0.1) is 0 Å². The highest BCUT2D eigenvalue weighted by molar-refractivity contribution is 5.95. The van der Waals surface area contributed by atoms with Gasteiger partial charge in [-0.25, -0.2) is 4.68 Å². The van der Waals surface area contributed by atoms with Gasteiger partial charge in [0.25, 0.3) is 5.91 Å². The molecule has 1 aliphatic rings. The number of nitrogens with one attached hydrogen (secondary N) is 1. The van der Waals surface area contributed by atoms with Gasteiger partial charge in [0.15, 0.2) is 17.2 Å². The van der Waals surface area contributed by atoms with Gasteiger partial charge in [-0.3, -0.25) is 9.59 Å². The number of fused-ring (bicyclic) bond motifs is 2. The summed E-state index contributed by atoms with van der Waals surface area (Å²) in [7, 11) is 0. The summed E-state index contributed by atoms with van der Waals surface area (Å²) in [6.07, 6.45) is 0. The van der Waals surface area contributed by atoms with E-state index in [1.165, 1.54) is 0 Å². The first-order chi connectivity index (χ1) is 14.7. The molecule has 7 heteroatoms. The molecule has 5 rings (SSSR count). The molecule has 0 bridgehead atoms. The first-order valence-electron chi connectivity index (χ1n) is 9.45. The van der Waals surface area contributed by atoms with Crippen LogP contribution in [0.15, 0.2) is 77.6 Å². The lowest BCUT2D eigenvalue weighted by atomic mass is 10.1. The smallest absolute Gasteiger partial charge is 0.276 e. The van der Waals surface area contributed by atoms with Gasteiger partial charge in [-0.15, -0.1) is 0 Å². The van der Waals surface area contributed by atoms with Crippen molar-refractivity contribution < 1.29 is 14.3 Å². The second kappa shape index (κ2) is 7.36. The fraction of sp³-hybridized carbons (Fsp3) is 0.0870. The number of benzene rings is 3. The number of hydrogen-bond donors (Lipinski definition) is 1. The minimum Gasteiger partial charge on any atom is -0.454 e.